The Morgan fingerprint density at radius 3 is 2.38 bits per heavy atom. The lowest BCUT2D eigenvalue weighted by atomic mass is 9.90. The molecular weight excluding hydrogens is 440 g/mol. The van der Waals surface area contributed by atoms with Gasteiger partial charge in [-0.1, -0.05) is 35.9 Å². The molecule has 1 fully saturated rings. The predicted octanol–water partition coefficient (Wildman–Crippen LogP) is 0.832. The highest BCUT2D eigenvalue weighted by Gasteiger charge is 2.44. The zero-order valence-corrected chi connectivity index (χ0v) is 18.4. The van der Waals surface area contributed by atoms with E-state index in [0.29, 0.717) is 22.8 Å². The standard InChI is InChI=1S/C23H29ClO8/c1-30-11-16(26)12-31-17-5-2-13(3-6-17)8-15-9-14(4-7-18(15)24)23-22(29)21(28)20(27)19(10-25)32-23/h2-7,9,16,19-23,25-29H,8,10-12H2,1H3/t16-,19+,20+,21-,22+,23-/m0/s1. The minimum Gasteiger partial charge on any atom is -0.491 e. The van der Waals surface area contributed by atoms with Crippen molar-refractivity contribution >= 4 is 11.6 Å². The minimum atomic E-state index is -1.44. The van der Waals surface area contributed by atoms with Crippen molar-refractivity contribution < 1.29 is 39.7 Å². The highest BCUT2D eigenvalue weighted by atomic mass is 35.5. The molecule has 0 aromatic heterocycles. The molecule has 0 amide bonds. The first kappa shape index (κ1) is 24.9. The van der Waals surface area contributed by atoms with Crippen LogP contribution in [0.2, 0.25) is 5.02 Å². The third kappa shape index (κ3) is 5.98. The molecule has 6 atom stereocenters. The molecule has 1 heterocycles. The number of rotatable bonds is 9. The number of methoxy groups -OCH3 is 1. The second-order valence-electron chi connectivity index (χ2n) is 7.84. The normalized spacial score (nSPS) is 26.7. The molecular formula is C23H29ClO8. The maximum Gasteiger partial charge on any atom is 0.119 e. The molecule has 176 valence electrons. The summed E-state index contributed by atoms with van der Waals surface area (Å²) in [5.74, 6) is 0.616. The van der Waals surface area contributed by atoms with E-state index in [-0.39, 0.29) is 13.2 Å². The summed E-state index contributed by atoms with van der Waals surface area (Å²) in [5.41, 5.74) is 2.32. The van der Waals surface area contributed by atoms with Gasteiger partial charge >= 0.3 is 0 Å². The van der Waals surface area contributed by atoms with Crippen molar-refractivity contribution in [2.24, 2.45) is 0 Å². The van der Waals surface area contributed by atoms with Gasteiger partial charge in [-0.05, 0) is 41.3 Å². The van der Waals surface area contributed by atoms with Gasteiger partial charge in [0.05, 0.1) is 13.2 Å². The Kier molecular flexibility index (Phi) is 8.87. The fourth-order valence-electron chi connectivity index (χ4n) is 3.64. The van der Waals surface area contributed by atoms with Crippen molar-refractivity contribution in [2.45, 2.75) is 43.0 Å². The zero-order valence-electron chi connectivity index (χ0n) is 17.7. The van der Waals surface area contributed by atoms with E-state index in [2.05, 4.69) is 0 Å². The highest BCUT2D eigenvalue weighted by molar-refractivity contribution is 6.31. The molecule has 3 rings (SSSR count). The molecule has 1 saturated heterocycles. The van der Waals surface area contributed by atoms with E-state index in [1.807, 2.05) is 12.1 Å². The van der Waals surface area contributed by atoms with Crippen molar-refractivity contribution in [2.75, 3.05) is 26.9 Å². The van der Waals surface area contributed by atoms with Gasteiger partial charge in [0.15, 0.2) is 0 Å². The van der Waals surface area contributed by atoms with Crippen LogP contribution in [-0.4, -0.2) is 83.0 Å². The summed E-state index contributed by atoms with van der Waals surface area (Å²) in [7, 11) is 1.51. The molecule has 5 N–H and O–H groups in total. The van der Waals surface area contributed by atoms with Gasteiger partial charge in [-0.2, -0.15) is 0 Å². The van der Waals surface area contributed by atoms with Crippen LogP contribution < -0.4 is 4.74 Å². The van der Waals surface area contributed by atoms with Gasteiger partial charge in [-0.3, -0.25) is 0 Å². The van der Waals surface area contributed by atoms with E-state index in [1.165, 1.54) is 7.11 Å². The maximum absolute atomic E-state index is 10.4. The number of halogens is 1. The van der Waals surface area contributed by atoms with Crippen molar-refractivity contribution in [3.63, 3.8) is 0 Å². The topological polar surface area (TPSA) is 129 Å². The third-order valence-corrected chi connectivity index (χ3v) is 5.78. The molecule has 32 heavy (non-hydrogen) atoms. The maximum atomic E-state index is 10.4. The molecule has 2 aromatic rings. The number of hydrogen-bond donors (Lipinski definition) is 5. The average Bonchev–Trinajstić information content (AvgIpc) is 2.79. The Hall–Kier alpha value is -1.75. The lowest BCUT2D eigenvalue weighted by molar-refractivity contribution is -0.231. The monoisotopic (exact) mass is 468 g/mol. The van der Waals surface area contributed by atoms with E-state index in [4.69, 9.17) is 25.8 Å². The zero-order chi connectivity index (χ0) is 23.3. The second kappa shape index (κ2) is 11.4. The Bertz CT molecular complexity index is 860. The first-order chi connectivity index (χ1) is 15.3. The molecule has 1 aliphatic rings. The Balaban J connectivity index is 1.71. The lowest BCUT2D eigenvalue weighted by Crippen LogP contribution is -2.55. The van der Waals surface area contributed by atoms with Crippen LogP contribution in [0, 0.1) is 0 Å². The van der Waals surface area contributed by atoms with E-state index >= 15 is 0 Å². The van der Waals surface area contributed by atoms with Gasteiger partial charge in [-0.15, -0.1) is 0 Å². The van der Waals surface area contributed by atoms with Gasteiger partial charge < -0.3 is 39.7 Å². The molecule has 0 unspecified atom stereocenters. The summed E-state index contributed by atoms with van der Waals surface area (Å²) in [6, 6.07) is 12.5. The summed E-state index contributed by atoms with van der Waals surface area (Å²) in [5, 5.41) is 50.1. The first-order valence-electron chi connectivity index (χ1n) is 10.3. The van der Waals surface area contributed by atoms with Gasteiger partial charge in [0.2, 0.25) is 0 Å². The third-order valence-electron chi connectivity index (χ3n) is 5.41. The number of aliphatic hydroxyl groups is 5. The van der Waals surface area contributed by atoms with Gasteiger partial charge in [0.25, 0.3) is 0 Å². The van der Waals surface area contributed by atoms with Crippen molar-refractivity contribution in [3.8, 4) is 5.75 Å². The molecule has 2 aromatic carbocycles. The molecule has 0 bridgehead atoms. The van der Waals surface area contributed by atoms with Crippen LogP contribution in [0.25, 0.3) is 0 Å². The summed E-state index contributed by atoms with van der Waals surface area (Å²) in [4.78, 5) is 0. The molecule has 0 spiro atoms. The molecule has 8 nitrogen and oxygen atoms in total. The highest BCUT2D eigenvalue weighted by Crippen LogP contribution is 2.34. The Labute approximate surface area is 191 Å². The number of hydrogen-bond acceptors (Lipinski definition) is 8. The van der Waals surface area contributed by atoms with E-state index in [1.54, 1.807) is 30.3 Å². The number of aliphatic hydroxyl groups excluding tert-OH is 5. The number of ether oxygens (including phenoxy) is 3. The summed E-state index contributed by atoms with van der Waals surface area (Å²) >= 11 is 6.38. The molecule has 9 heteroatoms. The first-order valence-corrected chi connectivity index (χ1v) is 10.7. The average molecular weight is 469 g/mol. The van der Waals surface area contributed by atoms with E-state index in [0.717, 1.165) is 11.1 Å². The fraction of sp³-hybridized carbons (Fsp3) is 0.478. The van der Waals surface area contributed by atoms with Crippen LogP contribution >= 0.6 is 11.6 Å². The lowest BCUT2D eigenvalue weighted by Gasteiger charge is -2.40. The van der Waals surface area contributed by atoms with Gasteiger partial charge in [0.1, 0.15) is 49.0 Å². The largest absolute Gasteiger partial charge is 0.491 e. The molecule has 0 radical (unpaired) electrons. The van der Waals surface area contributed by atoms with Crippen LogP contribution in [0.5, 0.6) is 5.75 Å². The number of benzene rings is 2. The smallest absolute Gasteiger partial charge is 0.119 e. The van der Waals surface area contributed by atoms with E-state index in [9.17, 15) is 25.5 Å². The summed E-state index contributed by atoms with van der Waals surface area (Å²) in [6.07, 6.45) is -6.32. The Morgan fingerprint density at radius 1 is 1.00 bits per heavy atom. The van der Waals surface area contributed by atoms with Crippen LogP contribution in [-0.2, 0) is 15.9 Å². The van der Waals surface area contributed by atoms with Crippen molar-refractivity contribution in [1.82, 2.24) is 0 Å². The van der Waals surface area contributed by atoms with Crippen LogP contribution in [0.1, 0.15) is 22.8 Å². The van der Waals surface area contributed by atoms with Gasteiger partial charge in [0, 0.05) is 12.1 Å². The predicted molar refractivity (Wildman–Crippen MR) is 117 cm³/mol. The van der Waals surface area contributed by atoms with Crippen molar-refractivity contribution in [3.05, 3.63) is 64.2 Å². The van der Waals surface area contributed by atoms with Crippen LogP contribution in [0.15, 0.2) is 42.5 Å². The second-order valence-corrected chi connectivity index (χ2v) is 8.25. The van der Waals surface area contributed by atoms with Crippen molar-refractivity contribution in [1.29, 1.82) is 0 Å². The summed E-state index contributed by atoms with van der Waals surface area (Å²) in [6.45, 7) is -0.166. The molecule has 0 aliphatic carbocycles. The van der Waals surface area contributed by atoms with E-state index < -0.39 is 43.2 Å². The Morgan fingerprint density at radius 2 is 1.72 bits per heavy atom. The van der Waals surface area contributed by atoms with Crippen LogP contribution in [0.4, 0.5) is 0 Å². The molecule has 1 aliphatic heterocycles. The summed E-state index contributed by atoms with van der Waals surface area (Å²) < 4.78 is 16.0. The fourth-order valence-corrected chi connectivity index (χ4v) is 3.82. The van der Waals surface area contributed by atoms with Crippen LogP contribution in [0.3, 0.4) is 0 Å². The molecule has 0 saturated carbocycles. The quantitative estimate of drug-likeness (QED) is 0.366. The SMILES string of the molecule is COC[C@H](O)COc1ccc(Cc2cc([C@@H]3O[C@H](CO)[C@@H](O)[C@H](O)[C@H]3O)ccc2Cl)cc1. The minimum absolute atomic E-state index is 0.125. The van der Waals surface area contributed by atoms with Gasteiger partial charge in [-0.25, -0.2) is 0 Å².